The fraction of sp³-hybridized carbons (Fsp3) is 0.528. The third-order valence-corrected chi connectivity index (χ3v) is 13.4. The summed E-state index contributed by atoms with van der Waals surface area (Å²) in [6.45, 7) is 14.0. The van der Waals surface area contributed by atoms with E-state index in [0.717, 1.165) is 51.0 Å². The van der Waals surface area contributed by atoms with Gasteiger partial charge in [-0.3, -0.25) is 39.0 Å². The Hall–Kier alpha value is -5.79. The first-order chi connectivity index (χ1) is 32.5. The molecule has 15 heteroatoms. The Balaban J connectivity index is 1.24. The molecule has 7 rings (SSSR count). The van der Waals surface area contributed by atoms with Crippen LogP contribution in [0.5, 0.6) is 5.75 Å². The highest BCUT2D eigenvalue weighted by molar-refractivity contribution is 5.96. The van der Waals surface area contributed by atoms with Gasteiger partial charge in [0.05, 0.1) is 37.2 Å². The second-order valence-electron chi connectivity index (χ2n) is 20.2. The number of nitrogens with zero attached hydrogens (tertiary/aromatic N) is 6. The van der Waals surface area contributed by atoms with Crippen molar-refractivity contribution in [3.8, 4) is 40.0 Å². The molecule has 0 saturated carbocycles. The molecule has 0 unspecified atom stereocenters. The number of cyclic esters (lactones) is 1. The van der Waals surface area contributed by atoms with Crippen LogP contribution < -0.4 is 10.7 Å². The fourth-order valence-corrected chi connectivity index (χ4v) is 10.2. The SMILES string of the molecule is CCn1c(-c2cccnc2COC)c2c3cc(ccc31)-c1cc(O)cc(c1)C[C@H](NC(=O)[C@H](C(C)C)N(C)C[C@H]1CCN(C(=O)C#CCN(C)C)C1)C(=O)N1CCC[C@H](N1)C(=O)OCC(C)(C)C2. The number of likely N-dealkylation sites (N-methyl/N-ethyl adjacent to an activating group) is 1. The van der Waals surface area contributed by atoms with Crippen LogP contribution in [0.25, 0.3) is 33.3 Å². The number of aryl methyl sites for hydroxylation is 1. The van der Waals surface area contributed by atoms with Gasteiger partial charge in [-0.05, 0) is 130 Å². The molecule has 2 fully saturated rings. The number of rotatable bonds is 11. The lowest BCUT2D eigenvalue weighted by molar-refractivity contribution is -0.155. The summed E-state index contributed by atoms with van der Waals surface area (Å²) >= 11 is 0. The number of ether oxygens (including phenoxy) is 2. The van der Waals surface area contributed by atoms with Crippen molar-refractivity contribution in [1.29, 1.82) is 0 Å². The van der Waals surface area contributed by atoms with Gasteiger partial charge in [0.2, 0.25) is 5.91 Å². The maximum absolute atomic E-state index is 14.8. The van der Waals surface area contributed by atoms with E-state index in [9.17, 15) is 24.3 Å². The molecule has 0 radical (unpaired) electrons. The van der Waals surface area contributed by atoms with Crippen molar-refractivity contribution in [3.63, 3.8) is 0 Å². The molecule has 0 aliphatic carbocycles. The zero-order valence-corrected chi connectivity index (χ0v) is 41.4. The number of benzene rings is 2. The van der Waals surface area contributed by atoms with Crippen LogP contribution in [0.4, 0.5) is 0 Å². The largest absolute Gasteiger partial charge is 0.508 e. The number of pyridine rings is 1. The van der Waals surface area contributed by atoms with Crippen molar-refractivity contribution in [2.45, 2.75) is 98.0 Å². The molecule has 3 N–H and O–H groups in total. The van der Waals surface area contributed by atoms with E-state index in [1.165, 1.54) is 5.01 Å². The standard InChI is InChI=1S/C53H70N8O7/c1-10-60-46-18-17-37-28-41(46)42(49(60)40-14-11-20-54-45(40)32-67-9)29-53(4,5)33-68-52(66)43-15-12-22-61(56-43)51(65)44(26-36-24-38(37)27-39(62)25-36)55-50(64)48(34(2)3)58(8)30-35-19-23-59(31-35)47(63)16-13-21-57(6)7/h11,14,17-18,20,24-25,27-28,34-35,43-44,48,56,62H,10,12,15,19,21-23,26,29-33H2,1-9H3,(H,55,64)/t35-,43+,44+,48+/m1/s1. The maximum Gasteiger partial charge on any atom is 0.324 e. The average molecular weight is 931 g/mol. The van der Waals surface area contributed by atoms with E-state index in [2.05, 4.69) is 72.2 Å². The Bertz CT molecular complexity index is 2560. The van der Waals surface area contributed by atoms with Gasteiger partial charge in [-0.1, -0.05) is 45.7 Å². The lowest BCUT2D eigenvalue weighted by atomic mass is 9.84. The number of carbonyl (C=O) groups is 4. The molecule has 4 atom stereocenters. The molecule has 3 amide bonds. The highest BCUT2D eigenvalue weighted by Crippen LogP contribution is 2.41. The molecule has 15 nitrogen and oxygen atoms in total. The Kier molecular flexibility index (Phi) is 16.0. The van der Waals surface area contributed by atoms with Crippen molar-refractivity contribution in [3.05, 3.63) is 71.5 Å². The second kappa shape index (κ2) is 21.7. The molecule has 0 spiro atoms. The number of likely N-dealkylation sites (tertiary alicyclic amines) is 1. The normalized spacial score (nSPS) is 20.3. The predicted octanol–water partition coefficient (Wildman–Crippen LogP) is 5.26. The van der Waals surface area contributed by atoms with Crippen LogP contribution in [-0.2, 0) is 54.6 Å². The molecule has 2 saturated heterocycles. The number of hydrazine groups is 1. The first-order valence-electron chi connectivity index (χ1n) is 24.1. The minimum absolute atomic E-state index is 0.0312. The van der Waals surface area contributed by atoms with Crippen LogP contribution in [0.2, 0.25) is 0 Å². The molecule has 2 aromatic heterocycles. The Morgan fingerprint density at radius 2 is 1.87 bits per heavy atom. The summed E-state index contributed by atoms with van der Waals surface area (Å²) in [5, 5.41) is 17.0. The quantitative estimate of drug-likeness (QED) is 0.133. The zero-order chi connectivity index (χ0) is 48.9. The lowest BCUT2D eigenvalue weighted by Crippen LogP contribution is -2.62. The van der Waals surface area contributed by atoms with E-state index in [1.807, 2.05) is 56.9 Å². The van der Waals surface area contributed by atoms with Crippen molar-refractivity contribution in [2.24, 2.45) is 17.3 Å². The molecule has 68 heavy (non-hydrogen) atoms. The van der Waals surface area contributed by atoms with E-state index in [1.54, 1.807) is 30.3 Å². The molecular weight excluding hydrogens is 861 g/mol. The monoisotopic (exact) mass is 931 g/mol. The first-order valence-corrected chi connectivity index (χ1v) is 24.1. The van der Waals surface area contributed by atoms with Crippen LogP contribution in [0.1, 0.15) is 70.7 Å². The van der Waals surface area contributed by atoms with Gasteiger partial charge in [-0.15, -0.1) is 0 Å². The summed E-state index contributed by atoms with van der Waals surface area (Å²) in [5.41, 5.74) is 9.86. The number of phenolic OH excluding ortho intramolecular Hbond substituents is 1. The van der Waals surface area contributed by atoms with E-state index < -0.39 is 35.4 Å². The van der Waals surface area contributed by atoms with Gasteiger partial charge in [-0.25, -0.2) is 5.43 Å². The molecule has 4 aromatic rings. The van der Waals surface area contributed by atoms with Gasteiger partial charge in [-0.2, -0.15) is 0 Å². The smallest absolute Gasteiger partial charge is 0.324 e. The summed E-state index contributed by atoms with van der Waals surface area (Å²) in [5.74, 6) is 4.40. The number of carbonyl (C=O) groups excluding carboxylic acids is 4. The van der Waals surface area contributed by atoms with Crippen molar-refractivity contribution in [2.75, 3.05) is 67.6 Å². The average Bonchev–Trinajstić information content (AvgIpc) is 3.89. The van der Waals surface area contributed by atoms with Gasteiger partial charge in [0, 0.05) is 74.3 Å². The number of hydrogen-bond acceptors (Lipinski definition) is 11. The topological polar surface area (TPSA) is 162 Å². The molecule has 6 bridgehead atoms. The zero-order valence-electron chi connectivity index (χ0n) is 41.4. The third kappa shape index (κ3) is 11.5. The van der Waals surface area contributed by atoms with Gasteiger partial charge >= 0.3 is 5.97 Å². The van der Waals surface area contributed by atoms with E-state index >= 15 is 0 Å². The summed E-state index contributed by atoms with van der Waals surface area (Å²) in [4.78, 5) is 66.6. The molecule has 364 valence electrons. The number of phenols is 1. The van der Waals surface area contributed by atoms with Gasteiger partial charge in [0.15, 0.2) is 0 Å². The highest BCUT2D eigenvalue weighted by Gasteiger charge is 2.38. The maximum atomic E-state index is 14.8. The molecule has 2 aromatic carbocycles. The summed E-state index contributed by atoms with van der Waals surface area (Å²) < 4.78 is 14.0. The fourth-order valence-electron chi connectivity index (χ4n) is 10.2. The number of amides is 3. The minimum Gasteiger partial charge on any atom is -0.508 e. The van der Waals surface area contributed by atoms with Gasteiger partial charge in [0.1, 0.15) is 17.8 Å². The molecule has 3 aliphatic heterocycles. The summed E-state index contributed by atoms with van der Waals surface area (Å²) in [7, 11) is 7.39. The van der Waals surface area contributed by atoms with Crippen LogP contribution in [0.3, 0.4) is 0 Å². The Morgan fingerprint density at radius 3 is 2.60 bits per heavy atom. The number of aromatic hydroxyl groups is 1. The number of methoxy groups -OCH3 is 1. The van der Waals surface area contributed by atoms with E-state index in [4.69, 9.17) is 14.5 Å². The van der Waals surface area contributed by atoms with Crippen molar-refractivity contribution < 1.29 is 33.8 Å². The summed E-state index contributed by atoms with van der Waals surface area (Å²) in [6.07, 6.45) is 4.23. The van der Waals surface area contributed by atoms with Crippen LogP contribution >= 0.6 is 0 Å². The number of esters is 1. The lowest BCUT2D eigenvalue weighted by Gasteiger charge is -2.37. The number of nitrogens with one attached hydrogen (secondary N) is 2. The number of fused-ring (bicyclic) bond motifs is 6. The molecule has 5 heterocycles. The van der Waals surface area contributed by atoms with Crippen LogP contribution in [0, 0.1) is 29.1 Å². The first kappa shape index (κ1) is 50.1. The predicted molar refractivity (Wildman–Crippen MR) is 263 cm³/mol. The molecular formula is C53H70N8O7. The Labute approximate surface area is 401 Å². The number of hydrogen-bond donors (Lipinski definition) is 3. The van der Waals surface area contributed by atoms with Crippen LogP contribution in [0.15, 0.2) is 54.7 Å². The summed E-state index contributed by atoms with van der Waals surface area (Å²) in [6, 6.07) is 13.3. The van der Waals surface area contributed by atoms with E-state index in [0.29, 0.717) is 70.7 Å². The number of aromatic nitrogens is 2. The van der Waals surface area contributed by atoms with E-state index in [-0.39, 0.29) is 42.4 Å². The minimum atomic E-state index is -1.05. The van der Waals surface area contributed by atoms with Crippen LogP contribution in [-0.4, -0.2) is 144 Å². The third-order valence-electron chi connectivity index (χ3n) is 13.4. The van der Waals surface area contributed by atoms with Crippen molar-refractivity contribution >= 4 is 34.6 Å². The van der Waals surface area contributed by atoms with Crippen molar-refractivity contribution in [1.82, 2.24) is 40.0 Å². The molecule has 3 aliphatic rings. The highest BCUT2D eigenvalue weighted by atomic mass is 16.5. The Morgan fingerprint density at radius 1 is 1.07 bits per heavy atom. The second-order valence-corrected chi connectivity index (χ2v) is 20.2. The van der Waals surface area contributed by atoms with Gasteiger partial charge < -0.3 is 29.4 Å². The van der Waals surface area contributed by atoms with Gasteiger partial charge in [0.25, 0.3) is 11.8 Å².